The molecule has 1 aliphatic rings. The number of benzene rings is 2. The first-order valence-electron chi connectivity index (χ1n) is 10.2. The molecule has 4 aromatic rings. The second kappa shape index (κ2) is 8.83. The molecular weight excluding hydrogens is 485 g/mol. The minimum atomic E-state index is -0.494. The molecule has 1 aliphatic heterocycles. The SMILES string of the molecule is NC(=O)COC1CN(c2cc(Cl)nc3c(-c4ccc(Cl)cc4)c(-c4ccccc4Cl)nn23)C1. The van der Waals surface area contributed by atoms with Gasteiger partial charge in [-0.05, 0) is 23.8 Å². The number of carbonyl (C=O) groups is 1. The number of nitrogens with two attached hydrogens (primary N) is 1. The molecule has 0 unspecified atom stereocenters. The molecule has 2 aromatic heterocycles. The first-order valence-corrected chi connectivity index (χ1v) is 11.3. The summed E-state index contributed by atoms with van der Waals surface area (Å²) in [5.41, 5.74) is 8.91. The van der Waals surface area contributed by atoms with E-state index in [1.807, 2.05) is 48.5 Å². The van der Waals surface area contributed by atoms with Crippen molar-refractivity contribution in [1.29, 1.82) is 0 Å². The number of nitrogens with zero attached hydrogens (tertiary/aromatic N) is 4. The second-order valence-corrected chi connectivity index (χ2v) is 8.92. The number of hydrogen-bond acceptors (Lipinski definition) is 5. The van der Waals surface area contributed by atoms with E-state index in [0.717, 1.165) is 22.5 Å². The highest BCUT2D eigenvalue weighted by molar-refractivity contribution is 6.33. The van der Waals surface area contributed by atoms with Crippen LogP contribution in [0.2, 0.25) is 15.2 Å². The van der Waals surface area contributed by atoms with Crippen LogP contribution in [0, 0.1) is 0 Å². The lowest BCUT2D eigenvalue weighted by Crippen LogP contribution is -2.53. The Kier molecular flexibility index (Phi) is 5.88. The van der Waals surface area contributed by atoms with Crippen LogP contribution in [-0.2, 0) is 9.53 Å². The lowest BCUT2D eigenvalue weighted by molar-refractivity contribution is -0.125. The summed E-state index contributed by atoms with van der Waals surface area (Å²) in [4.78, 5) is 17.7. The molecule has 33 heavy (non-hydrogen) atoms. The van der Waals surface area contributed by atoms with Gasteiger partial charge in [-0.3, -0.25) is 4.79 Å². The van der Waals surface area contributed by atoms with E-state index in [9.17, 15) is 4.79 Å². The molecule has 2 aromatic carbocycles. The Hall–Kier alpha value is -2.84. The van der Waals surface area contributed by atoms with E-state index in [1.165, 1.54) is 0 Å². The Morgan fingerprint density at radius 2 is 1.82 bits per heavy atom. The number of rotatable bonds is 6. The van der Waals surface area contributed by atoms with Gasteiger partial charge in [0.05, 0.1) is 16.7 Å². The molecule has 168 valence electrons. The molecule has 10 heteroatoms. The fraction of sp³-hybridized carbons (Fsp3) is 0.174. The van der Waals surface area contributed by atoms with E-state index in [0.29, 0.717) is 39.6 Å². The monoisotopic (exact) mass is 501 g/mol. The van der Waals surface area contributed by atoms with E-state index in [-0.39, 0.29) is 12.7 Å². The molecule has 1 fully saturated rings. The summed E-state index contributed by atoms with van der Waals surface area (Å²) in [5, 5.41) is 6.45. The maximum atomic E-state index is 11.0. The average molecular weight is 503 g/mol. The van der Waals surface area contributed by atoms with Crippen molar-refractivity contribution in [2.75, 3.05) is 24.6 Å². The van der Waals surface area contributed by atoms with E-state index in [4.69, 9.17) is 50.4 Å². The van der Waals surface area contributed by atoms with Crippen LogP contribution in [-0.4, -0.2) is 46.3 Å². The van der Waals surface area contributed by atoms with Crippen molar-refractivity contribution in [2.45, 2.75) is 6.10 Å². The van der Waals surface area contributed by atoms with Gasteiger partial charge >= 0.3 is 0 Å². The first-order chi connectivity index (χ1) is 15.9. The Morgan fingerprint density at radius 1 is 1.09 bits per heavy atom. The van der Waals surface area contributed by atoms with Crippen LogP contribution in [0.15, 0.2) is 54.6 Å². The molecule has 5 rings (SSSR count). The standard InChI is InChI=1S/C23H18Cl3N5O2/c24-14-7-5-13(6-8-14)21-22(16-3-1-2-4-17(16)25)29-31-20(9-18(26)28-23(21)31)30-10-15(11-30)33-12-19(27)32/h1-9,15H,10-12H2,(H2,27,32). The third-order valence-electron chi connectivity index (χ3n) is 5.43. The molecule has 0 bridgehead atoms. The van der Waals surface area contributed by atoms with Gasteiger partial charge in [-0.2, -0.15) is 9.61 Å². The normalized spacial score (nSPS) is 14.0. The molecule has 1 amide bonds. The molecule has 1 saturated heterocycles. The minimum Gasteiger partial charge on any atom is -0.368 e. The Labute approximate surface area is 204 Å². The highest BCUT2D eigenvalue weighted by Crippen LogP contribution is 2.40. The molecule has 0 radical (unpaired) electrons. The number of ether oxygens (including phenoxy) is 1. The fourth-order valence-electron chi connectivity index (χ4n) is 3.85. The van der Waals surface area contributed by atoms with Crippen molar-refractivity contribution in [1.82, 2.24) is 14.6 Å². The van der Waals surface area contributed by atoms with Crippen LogP contribution in [0.5, 0.6) is 0 Å². The Balaban J connectivity index is 1.65. The van der Waals surface area contributed by atoms with Gasteiger partial charge in [0.15, 0.2) is 5.65 Å². The Morgan fingerprint density at radius 3 is 2.52 bits per heavy atom. The van der Waals surface area contributed by atoms with E-state index >= 15 is 0 Å². The summed E-state index contributed by atoms with van der Waals surface area (Å²) in [7, 11) is 0. The molecule has 7 nitrogen and oxygen atoms in total. The quantitative estimate of drug-likeness (QED) is 0.386. The van der Waals surface area contributed by atoms with Crippen LogP contribution in [0.25, 0.3) is 28.0 Å². The van der Waals surface area contributed by atoms with Crippen LogP contribution in [0.4, 0.5) is 5.82 Å². The number of halogens is 3. The summed E-state index contributed by atoms with van der Waals surface area (Å²) >= 11 is 19.1. The maximum Gasteiger partial charge on any atom is 0.243 e. The zero-order chi connectivity index (χ0) is 23.1. The number of carbonyl (C=O) groups excluding carboxylic acids is 1. The number of aromatic nitrogens is 3. The van der Waals surface area contributed by atoms with Crippen molar-refractivity contribution in [3.63, 3.8) is 0 Å². The number of anilines is 1. The van der Waals surface area contributed by atoms with Crippen LogP contribution in [0.1, 0.15) is 0 Å². The topological polar surface area (TPSA) is 85.8 Å². The highest BCUT2D eigenvalue weighted by Gasteiger charge is 2.31. The summed E-state index contributed by atoms with van der Waals surface area (Å²) in [6.07, 6.45) is -0.103. The van der Waals surface area contributed by atoms with Crippen LogP contribution >= 0.6 is 34.8 Å². The highest BCUT2D eigenvalue weighted by atomic mass is 35.5. The average Bonchev–Trinajstić information content (AvgIpc) is 3.12. The van der Waals surface area contributed by atoms with Gasteiger partial charge < -0.3 is 15.4 Å². The number of amides is 1. The molecule has 0 saturated carbocycles. The number of fused-ring (bicyclic) bond motifs is 1. The van der Waals surface area contributed by atoms with Crippen molar-refractivity contribution in [3.05, 3.63) is 69.8 Å². The van der Waals surface area contributed by atoms with Gasteiger partial charge in [0.2, 0.25) is 5.91 Å². The first kappa shape index (κ1) is 22.0. The zero-order valence-electron chi connectivity index (χ0n) is 17.2. The summed E-state index contributed by atoms with van der Waals surface area (Å²) < 4.78 is 7.27. The number of primary amides is 1. The maximum absolute atomic E-state index is 11.0. The predicted molar refractivity (Wildman–Crippen MR) is 130 cm³/mol. The lowest BCUT2D eigenvalue weighted by atomic mass is 10.0. The molecule has 2 N–H and O–H groups in total. The van der Waals surface area contributed by atoms with Crippen molar-refractivity contribution >= 4 is 52.2 Å². The van der Waals surface area contributed by atoms with E-state index in [1.54, 1.807) is 10.6 Å². The lowest BCUT2D eigenvalue weighted by Gasteiger charge is -2.40. The summed E-state index contributed by atoms with van der Waals surface area (Å²) in [5.74, 6) is 0.268. The third kappa shape index (κ3) is 4.25. The van der Waals surface area contributed by atoms with E-state index < -0.39 is 5.91 Å². The largest absolute Gasteiger partial charge is 0.368 e. The van der Waals surface area contributed by atoms with Crippen LogP contribution < -0.4 is 10.6 Å². The van der Waals surface area contributed by atoms with Crippen molar-refractivity contribution < 1.29 is 9.53 Å². The molecule has 0 atom stereocenters. The van der Waals surface area contributed by atoms with Gasteiger partial charge in [0.1, 0.15) is 23.3 Å². The van der Waals surface area contributed by atoms with E-state index in [2.05, 4.69) is 9.88 Å². The summed E-state index contributed by atoms with van der Waals surface area (Å²) in [6.45, 7) is 1.03. The van der Waals surface area contributed by atoms with Gasteiger partial charge in [0.25, 0.3) is 0 Å². The second-order valence-electron chi connectivity index (χ2n) is 7.69. The van der Waals surface area contributed by atoms with Crippen molar-refractivity contribution in [3.8, 4) is 22.4 Å². The smallest absolute Gasteiger partial charge is 0.243 e. The molecule has 3 heterocycles. The Bertz CT molecular complexity index is 1350. The van der Waals surface area contributed by atoms with Crippen molar-refractivity contribution in [2.24, 2.45) is 5.73 Å². The zero-order valence-corrected chi connectivity index (χ0v) is 19.5. The molecule has 0 spiro atoms. The predicted octanol–water partition coefficient (Wildman–Crippen LogP) is 4.71. The van der Waals surface area contributed by atoms with Crippen LogP contribution in [0.3, 0.4) is 0 Å². The van der Waals surface area contributed by atoms with Gasteiger partial charge in [-0.25, -0.2) is 4.98 Å². The van der Waals surface area contributed by atoms with Gasteiger partial charge in [0, 0.05) is 29.7 Å². The molecular formula is C23H18Cl3N5O2. The third-order valence-corrected chi connectivity index (χ3v) is 6.21. The number of hydrogen-bond donors (Lipinski definition) is 1. The molecule has 0 aliphatic carbocycles. The minimum absolute atomic E-state index is 0.103. The van der Waals surface area contributed by atoms with Gasteiger partial charge in [-0.15, -0.1) is 0 Å². The van der Waals surface area contributed by atoms with Gasteiger partial charge in [-0.1, -0.05) is 65.1 Å². The fourth-order valence-corrected chi connectivity index (χ4v) is 4.38. The summed E-state index contributed by atoms with van der Waals surface area (Å²) in [6, 6.07) is 16.7.